The molecule has 3 fully saturated rings. The van der Waals surface area contributed by atoms with Crippen molar-refractivity contribution < 1.29 is 19.0 Å². The predicted molar refractivity (Wildman–Crippen MR) is 82.5 cm³/mol. The third kappa shape index (κ3) is 3.57. The average Bonchev–Trinajstić information content (AvgIpc) is 3.10. The van der Waals surface area contributed by atoms with E-state index in [0.717, 1.165) is 26.2 Å². The molecule has 2 bridgehead atoms. The Balaban J connectivity index is 1.50. The molecule has 0 radical (unpaired) electrons. The van der Waals surface area contributed by atoms with Gasteiger partial charge in [0.15, 0.2) is 6.29 Å². The molecule has 0 aromatic rings. The van der Waals surface area contributed by atoms with Crippen LogP contribution in [0.1, 0.15) is 59.3 Å². The summed E-state index contributed by atoms with van der Waals surface area (Å²) in [6.45, 7) is 7.86. The lowest BCUT2D eigenvalue weighted by Crippen LogP contribution is -2.38. The summed E-state index contributed by atoms with van der Waals surface area (Å²) in [7, 11) is 0. The molecule has 1 N–H and O–H groups in total. The van der Waals surface area contributed by atoms with Gasteiger partial charge in [-0.3, -0.25) is 0 Å². The van der Waals surface area contributed by atoms with Gasteiger partial charge in [-0.15, -0.1) is 0 Å². The monoisotopic (exact) mass is 311 g/mol. The van der Waals surface area contributed by atoms with Crippen molar-refractivity contribution in [3.63, 3.8) is 0 Å². The summed E-state index contributed by atoms with van der Waals surface area (Å²) in [6, 6.07) is 0. The fourth-order valence-electron chi connectivity index (χ4n) is 4.43. The molecule has 1 heterocycles. The molecule has 3 rings (SSSR count). The molecule has 126 valence electrons. The number of carbonyl (C=O) groups excluding carboxylic acids is 1. The van der Waals surface area contributed by atoms with E-state index in [1.807, 2.05) is 20.8 Å². The second kappa shape index (κ2) is 5.68. The lowest BCUT2D eigenvalue weighted by Gasteiger charge is -2.29. The zero-order valence-electron chi connectivity index (χ0n) is 14.1. The van der Waals surface area contributed by atoms with Crippen molar-refractivity contribution in [3.05, 3.63) is 0 Å². The van der Waals surface area contributed by atoms with Crippen LogP contribution < -0.4 is 5.32 Å². The lowest BCUT2D eigenvalue weighted by molar-refractivity contribution is -0.0718. The normalized spacial score (nSPS) is 35.0. The third-order valence-corrected chi connectivity index (χ3v) is 5.42. The Morgan fingerprint density at radius 2 is 1.73 bits per heavy atom. The first-order valence-corrected chi connectivity index (χ1v) is 8.50. The summed E-state index contributed by atoms with van der Waals surface area (Å²) >= 11 is 0. The van der Waals surface area contributed by atoms with Crippen LogP contribution in [0, 0.1) is 10.8 Å². The molecule has 3 aliphatic rings. The molecule has 0 aromatic heterocycles. The Morgan fingerprint density at radius 1 is 1.14 bits per heavy atom. The van der Waals surface area contributed by atoms with Crippen molar-refractivity contribution in [3.8, 4) is 0 Å². The third-order valence-electron chi connectivity index (χ3n) is 5.42. The van der Waals surface area contributed by atoms with E-state index < -0.39 is 5.60 Å². The largest absolute Gasteiger partial charge is 0.444 e. The number of hydrogen-bond acceptors (Lipinski definition) is 4. The molecule has 0 unspecified atom stereocenters. The van der Waals surface area contributed by atoms with E-state index in [4.69, 9.17) is 14.2 Å². The molecule has 1 amide bonds. The molecule has 0 spiro atoms. The smallest absolute Gasteiger partial charge is 0.407 e. The van der Waals surface area contributed by atoms with Crippen LogP contribution in [0.2, 0.25) is 0 Å². The summed E-state index contributed by atoms with van der Waals surface area (Å²) < 4.78 is 16.6. The first kappa shape index (κ1) is 16.1. The summed E-state index contributed by atoms with van der Waals surface area (Å²) in [5, 5.41) is 2.99. The maximum absolute atomic E-state index is 11.9. The van der Waals surface area contributed by atoms with Crippen LogP contribution in [0.3, 0.4) is 0 Å². The number of rotatable bonds is 4. The first-order valence-electron chi connectivity index (χ1n) is 8.50. The van der Waals surface area contributed by atoms with E-state index in [1.54, 1.807) is 0 Å². The lowest BCUT2D eigenvalue weighted by atomic mass is 9.80. The molecule has 2 aliphatic carbocycles. The molecule has 5 heteroatoms. The first-order chi connectivity index (χ1) is 10.3. The van der Waals surface area contributed by atoms with Gasteiger partial charge in [0.25, 0.3) is 0 Å². The van der Waals surface area contributed by atoms with E-state index in [-0.39, 0.29) is 17.8 Å². The van der Waals surface area contributed by atoms with Gasteiger partial charge in [-0.1, -0.05) is 0 Å². The number of nitrogens with one attached hydrogen (secondary N) is 1. The van der Waals surface area contributed by atoms with E-state index >= 15 is 0 Å². The SMILES string of the molecule is CC(C)(C)OC(=O)NCC12CCC(CC3OCCO3)(CC1)C2. The number of ether oxygens (including phenoxy) is 3. The standard InChI is InChI=1S/C17H29NO4/c1-15(2,3)22-14(19)18-12-17-6-4-16(11-17,5-7-17)10-13-20-8-9-21-13/h13H,4-12H2,1-3H3,(H,18,19). The van der Waals surface area contributed by atoms with Crippen molar-refractivity contribution in [2.24, 2.45) is 10.8 Å². The minimum Gasteiger partial charge on any atom is -0.444 e. The minimum absolute atomic E-state index is 0.00675. The van der Waals surface area contributed by atoms with Crippen LogP contribution in [-0.2, 0) is 14.2 Å². The number of carbonyl (C=O) groups is 1. The molecule has 22 heavy (non-hydrogen) atoms. The van der Waals surface area contributed by atoms with Gasteiger partial charge in [-0.25, -0.2) is 4.79 Å². The van der Waals surface area contributed by atoms with E-state index in [0.29, 0.717) is 5.41 Å². The maximum Gasteiger partial charge on any atom is 0.407 e. The van der Waals surface area contributed by atoms with Gasteiger partial charge in [-0.05, 0) is 63.7 Å². The zero-order chi connectivity index (χ0) is 15.8. The van der Waals surface area contributed by atoms with Crippen molar-refractivity contribution >= 4 is 6.09 Å². The fraction of sp³-hybridized carbons (Fsp3) is 0.941. The van der Waals surface area contributed by atoms with Crippen LogP contribution in [-0.4, -0.2) is 37.7 Å². The number of alkyl carbamates (subject to hydrolysis) is 1. The summed E-state index contributed by atoms with van der Waals surface area (Å²) in [5.74, 6) is 0. The second-order valence-corrected chi connectivity index (χ2v) is 8.41. The number of fused-ring (bicyclic) bond motifs is 2. The highest BCUT2D eigenvalue weighted by Crippen LogP contribution is 2.63. The van der Waals surface area contributed by atoms with Gasteiger partial charge >= 0.3 is 6.09 Å². The van der Waals surface area contributed by atoms with E-state index in [9.17, 15) is 4.79 Å². The zero-order valence-corrected chi connectivity index (χ0v) is 14.1. The van der Waals surface area contributed by atoms with Crippen molar-refractivity contribution in [2.75, 3.05) is 19.8 Å². The Kier molecular flexibility index (Phi) is 4.14. The second-order valence-electron chi connectivity index (χ2n) is 8.41. The fourth-order valence-corrected chi connectivity index (χ4v) is 4.43. The topological polar surface area (TPSA) is 56.8 Å². The van der Waals surface area contributed by atoms with Crippen molar-refractivity contribution in [1.29, 1.82) is 0 Å². The summed E-state index contributed by atoms with van der Waals surface area (Å²) in [5.41, 5.74) is 0.189. The Bertz CT molecular complexity index is 415. The Hall–Kier alpha value is -0.810. The summed E-state index contributed by atoms with van der Waals surface area (Å²) in [6.07, 6.45) is 6.73. The van der Waals surface area contributed by atoms with Gasteiger partial charge in [0, 0.05) is 13.0 Å². The highest BCUT2D eigenvalue weighted by molar-refractivity contribution is 5.67. The van der Waals surface area contributed by atoms with Crippen molar-refractivity contribution in [1.82, 2.24) is 5.32 Å². The van der Waals surface area contributed by atoms with Crippen LogP contribution in [0.4, 0.5) is 4.79 Å². The quantitative estimate of drug-likeness (QED) is 0.866. The van der Waals surface area contributed by atoms with Gasteiger partial charge < -0.3 is 19.5 Å². The average molecular weight is 311 g/mol. The van der Waals surface area contributed by atoms with Gasteiger partial charge in [0.2, 0.25) is 0 Å². The van der Waals surface area contributed by atoms with E-state index in [2.05, 4.69) is 5.32 Å². The van der Waals surface area contributed by atoms with Gasteiger partial charge in [0.05, 0.1) is 13.2 Å². The van der Waals surface area contributed by atoms with Crippen LogP contribution in [0.5, 0.6) is 0 Å². The molecular formula is C17H29NO4. The highest BCUT2D eigenvalue weighted by Gasteiger charge is 2.55. The van der Waals surface area contributed by atoms with Crippen LogP contribution in [0.25, 0.3) is 0 Å². The molecule has 1 aliphatic heterocycles. The van der Waals surface area contributed by atoms with Gasteiger partial charge in [-0.2, -0.15) is 0 Å². The van der Waals surface area contributed by atoms with Crippen LogP contribution in [0.15, 0.2) is 0 Å². The number of hydrogen-bond donors (Lipinski definition) is 1. The molecule has 5 nitrogen and oxygen atoms in total. The molecule has 0 aromatic carbocycles. The minimum atomic E-state index is -0.436. The van der Waals surface area contributed by atoms with E-state index in [1.165, 1.54) is 32.1 Å². The molecule has 0 atom stereocenters. The van der Waals surface area contributed by atoms with Gasteiger partial charge in [0.1, 0.15) is 5.60 Å². The summed E-state index contributed by atoms with van der Waals surface area (Å²) in [4.78, 5) is 11.9. The maximum atomic E-state index is 11.9. The Morgan fingerprint density at radius 3 is 2.32 bits per heavy atom. The molecule has 1 saturated heterocycles. The predicted octanol–water partition coefficient (Wildman–Crippen LogP) is 3.22. The highest BCUT2D eigenvalue weighted by atomic mass is 16.7. The van der Waals surface area contributed by atoms with Crippen molar-refractivity contribution in [2.45, 2.75) is 71.2 Å². The number of amides is 1. The van der Waals surface area contributed by atoms with Crippen LogP contribution >= 0.6 is 0 Å². The Labute approximate surface area is 133 Å². The molecular weight excluding hydrogens is 282 g/mol. The molecule has 2 saturated carbocycles.